The zero-order chi connectivity index (χ0) is 20.3. The number of amides is 1. The third-order valence-corrected chi connectivity index (χ3v) is 6.12. The topological polar surface area (TPSA) is 64.4 Å². The molecule has 1 saturated heterocycles. The molecule has 1 aliphatic carbocycles. The largest absolute Gasteiger partial charge is 0.444 e. The molecule has 6 nitrogen and oxygen atoms in total. The highest BCUT2D eigenvalue weighted by atomic mass is 35.5. The van der Waals surface area contributed by atoms with Crippen molar-refractivity contribution in [2.24, 2.45) is 18.4 Å². The van der Waals surface area contributed by atoms with Gasteiger partial charge >= 0.3 is 6.09 Å². The van der Waals surface area contributed by atoms with Crippen molar-refractivity contribution < 1.29 is 9.53 Å². The fourth-order valence-electron chi connectivity index (χ4n) is 4.63. The number of carbonyl (C=O) groups is 1. The van der Waals surface area contributed by atoms with Crippen LogP contribution < -0.4 is 5.56 Å². The molecule has 4 rings (SSSR count). The van der Waals surface area contributed by atoms with E-state index in [2.05, 4.69) is 5.10 Å². The van der Waals surface area contributed by atoms with Gasteiger partial charge in [-0.2, -0.15) is 5.10 Å². The lowest BCUT2D eigenvalue weighted by Crippen LogP contribution is -2.64. The second-order valence-electron chi connectivity index (χ2n) is 9.38. The van der Waals surface area contributed by atoms with Crippen LogP contribution in [0.5, 0.6) is 0 Å². The second kappa shape index (κ2) is 6.48. The highest BCUT2D eigenvalue weighted by molar-refractivity contribution is 6.35. The predicted molar refractivity (Wildman–Crippen MR) is 109 cm³/mol. The van der Waals surface area contributed by atoms with Crippen molar-refractivity contribution >= 4 is 28.5 Å². The number of hydrogen-bond acceptors (Lipinski definition) is 4. The van der Waals surface area contributed by atoms with Crippen LogP contribution in [0.4, 0.5) is 4.79 Å². The molecule has 1 amide bonds. The van der Waals surface area contributed by atoms with Crippen LogP contribution in [-0.4, -0.2) is 39.5 Å². The summed E-state index contributed by atoms with van der Waals surface area (Å²) >= 11 is 6.27. The Morgan fingerprint density at radius 3 is 2.64 bits per heavy atom. The Balaban J connectivity index is 1.40. The van der Waals surface area contributed by atoms with Crippen LogP contribution in [0, 0.1) is 11.3 Å². The van der Waals surface area contributed by atoms with Gasteiger partial charge in [0.2, 0.25) is 0 Å². The molecule has 2 heterocycles. The fraction of sp³-hybridized carbons (Fsp3) is 0.571. The van der Waals surface area contributed by atoms with Crippen molar-refractivity contribution in [3.05, 3.63) is 39.3 Å². The third-order valence-electron chi connectivity index (χ3n) is 5.81. The van der Waals surface area contributed by atoms with E-state index in [4.69, 9.17) is 16.3 Å². The van der Waals surface area contributed by atoms with E-state index in [-0.39, 0.29) is 17.1 Å². The van der Waals surface area contributed by atoms with E-state index in [1.165, 1.54) is 4.68 Å². The van der Waals surface area contributed by atoms with Crippen molar-refractivity contribution in [2.75, 3.05) is 13.1 Å². The monoisotopic (exact) mass is 403 g/mol. The first-order valence-electron chi connectivity index (χ1n) is 9.68. The van der Waals surface area contributed by atoms with Gasteiger partial charge in [-0.3, -0.25) is 4.79 Å². The highest BCUT2D eigenvalue weighted by Gasteiger charge is 2.54. The molecule has 0 unspecified atom stereocenters. The third kappa shape index (κ3) is 3.39. The summed E-state index contributed by atoms with van der Waals surface area (Å²) in [5, 5.41) is 6.03. The Morgan fingerprint density at radius 1 is 1.32 bits per heavy atom. The molecule has 1 aliphatic heterocycles. The first kappa shape index (κ1) is 19.2. The predicted octanol–water partition coefficient (Wildman–Crippen LogP) is 3.78. The van der Waals surface area contributed by atoms with Gasteiger partial charge in [-0.05, 0) is 57.6 Å². The van der Waals surface area contributed by atoms with E-state index in [1.54, 1.807) is 18.1 Å². The van der Waals surface area contributed by atoms with E-state index in [0.29, 0.717) is 16.3 Å². The summed E-state index contributed by atoms with van der Waals surface area (Å²) in [4.78, 5) is 26.3. The molecular formula is C21H26ClN3O3. The minimum absolute atomic E-state index is 0.165. The van der Waals surface area contributed by atoms with Crippen LogP contribution in [0.1, 0.15) is 39.2 Å². The Kier molecular flexibility index (Phi) is 4.45. The van der Waals surface area contributed by atoms with Gasteiger partial charge in [-0.25, -0.2) is 9.48 Å². The number of halogens is 1. The van der Waals surface area contributed by atoms with Crippen LogP contribution in [-0.2, 0) is 18.2 Å². The Bertz CT molecular complexity index is 994. The molecule has 7 heteroatoms. The van der Waals surface area contributed by atoms with Crippen molar-refractivity contribution in [3.8, 4) is 0 Å². The maximum absolute atomic E-state index is 12.4. The van der Waals surface area contributed by atoms with Crippen LogP contribution >= 0.6 is 11.6 Å². The number of hydrogen-bond donors (Lipinski definition) is 0. The summed E-state index contributed by atoms with van der Waals surface area (Å²) in [6.45, 7) is 7.22. The quantitative estimate of drug-likeness (QED) is 0.765. The van der Waals surface area contributed by atoms with Gasteiger partial charge in [0.1, 0.15) is 5.60 Å². The summed E-state index contributed by atoms with van der Waals surface area (Å²) in [5.41, 5.74) is 0.746. The van der Waals surface area contributed by atoms with Crippen LogP contribution in [0.15, 0.2) is 23.1 Å². The highest BCUT2D eigenvalue weighted by Crippen LogP contribution is 2.53. The normalized spacial score (nSPS) is 18.8. The minimum Gasteiger partial charge on any atom is -0.444 e. The molecule has 1 spiro atoms. The number of nitrogens with zero attached hydrogens (tertiary/aromatic N) is 3. The molecule has 0 atom stereocenters. The fourth-order valence-corrected chi connectivity index (χ4v) is 4.88. The number of carbonyl (C=O) groups excluding carboxylic acids is 1. The Hall–Kier alpha value is -2.08. The van der Waals surface area contributed by atoms with Gasteiger partial charge in [0.25, 0.3) is 5.56 Å². The molecule has 1 aromatic carbocycles. The first-order chi connectivity index (χ1) is 13.1. The number of fused-ring (bicyclic) bond motifs is 1. The van der Waals surface area contributed by atoms with Crippen LogP contribution in [0.2, 0.25) is 5.02 Å². The number of ether oxygens (including phenoxy) is 1. The molecule has 2 aromatic rings. The van der Waals surface area contributed by atoms with Gasteiger partial charge in [0.15, 0.2) is 0 Å². The summed E-state index contributed by atoms with van der Waals surface area (Å²) in [7, 11) is 1.63. The number of benzene rings is 1. The van der Waals surface area contributed by atoms with Gasteiger partial charge in [-0.1, -0.05) is 17.7 Å². The summed E-state index contributed by atoms with van der Waals surface area (Å²) in [5.74, 6) is 0.550. The molecule has 28 heavy (non-hydrogen) atoms. The smallest absolute Gasteiger partial charge is 0.410 e. The Morgan fingerprint density at radius 2 is 2.00 bits per heavy atom. The molecule has 2 fully saturated rings. The molecule has 0 radical (unpaired) electrons. The lowest BCUT2D eigenvalue weighted by atomic mass is 9.56. The summed E-state index contributed by atoms with van der Waals surface area (Å²) in [6.07, 6.45) is 4.60. The molecule has 0 bridgehead atoms. The molecular weight excluding hydrogens is 378 g/mol. The van der Waals surface area contributed by atoms with Crippen molar-refractivity contribution in [2.45, 2.75) is 45.6 Å². The molecule has 150 valence electrons. The van der Waals surface area contributed by atoms with Gasteiger partial charge in [0, 0.05) is 30.9 Å². The Labute approximate surface area is 169 Å². The van der Waals surface area contributed by atoms with Crippen molar-refractivity contribution in [1.82, 2.24) is 14.7 Å². The maximum Gasteiger partial charge on any atom is 0.410 e. The number of aryl methyl sites for hydroxylation is 1. The lowest BCUT2D eigenvalue weighted by molar-refractivity contribution is -0.0947. The molecule has 0 N–H and O–H groups in total. The number of rotatable bonds is 2. The molecule has 1 saturated carbocycles. The zero-order valence-corrected chi connectivity index (χ0v) is 17.5. The SMILES string of the molecule is Cn1ncc2c(CC3CC4(C3)CN(C(=O)OC(C)(C)C)C4)ccc(Cl)c2c1=O. The van der Waals surface area contributed by atoms with Crippen molar-refractivity contribution in [3.63, 3.8) is 0 Å². The zero-order valence-electron chi connectivity index (χ0n) is 16.8. The summed E-state index contributed by atoms with van der Waals surface area (Å²) in [6, 6.07) is 3.81. The van der Waals surface area contributed by atoms with E-state index in [0.717, 1.165) is 43.3 Å². The average Bonchev–Trinajstić information content (AvgIpc) is 2.51. The lowest BCUT2D eigenvalue weighted by Gasteiger charge is -2.59. The first-order valence-corrected chi connectivity index (χ1v) is 10.1. The van der Waals surface area contributed by atoms with Gasteiger partial charge < -0.3 is 9.64 Å². The van der Waals surface area contributed by atoms with E-state index in [1.807, 2.05) is 32.9 Å². The van der Waals surface area contributed by atoms with Crippen LogP contribution in [0.25, 0.3) is 10.8 Å². The standard InChI is InChI=1S/C21H26ClN3O3/c1-20(2,3)28-19(27)25-11-21(12-25)8-13(9-21)7-14-5-6-16(22)17-15(14)10-23-24(4)18(17)26/h5-6,10,13H,7-9,11-12H2,1-4H3. The van der Waals surface area contributed by atoms with Crippen LogP contribution in [0.3, 0.4) is 0 Å². The van der Waals surface area contributed by atoms with Crippen molar-refractivity contribution in [1.29, 1.82) is 0 Å². The number of aromatic nitrogens is 2. The van der Waals surface area contributed by atoms with Gasteiger partial charge in [-0.15, -0.1) is 0 Å². The molecule has 1 aromatic heterocycles. The minimum atomic E-state index is -0.456. The average molecular weight is 404 g/mol. The maximum atomic E-state index is 12.4. The second-order valence-corrected chi connectivity index (χ2v) is 9.79. The van der Waals surface area contributed by atoms with E-state index >= 15 is 0 Å². The molecule has 2 aliphatic rings. The van der Waals surface area contributed by atoms with Gasteiger partial charge in [0.05, 0.1) is 16.6 Å². The number of likely N-dealkylation sites (tertiary alicyclic amines) is 1. The van der Waals surface area contributed by atoms with E-state index in [9.17, 15) is 9.59 Å². The van der Waals surface area contributed by atoms with E-state index < -0.39 is 5.60 Å². The summed E-state index contributed by atoms with van der Waals surface area (Å²) < 4.78 is 6.76.